The van der Waals surface area contributed by atoms with Gasteiger partial charge in [0.25, 0.3) is 0 Å². The minimum Gasteiger partial charge on any atom is -0.496 e. The predicted octanol–water partition coefficient (Wildman–Crippen LogP) is 1.84. The highest BCUT2D eigenvalue weighted by Gasteiger charge is 2.17. The Labute approximate surface area is 98.0 Å². The molecule has 1 atom stereocenters. The average Bonchev–Trinajstić information content (AvgIpc) is 2.23. The second kappa shape index (κ2) is 5.32. The Kier molecular flexibility index (Phi) is 4.33. The first-order valence-corrected chi connectivity index (χ1v) is 5.57. The highest BCUT2D eigenvalue weighted by atomic mass is 16.5. The van der Waals surface area contributed by atoms with E-state index < -0.39 is 0 Å². The average molecular weight is 222 g/mol. The first-order valence-electron chi connectivity index (χ1n) is 5.57. The molecule has 0 aromatic heterocycles. The number of hydrogen-bond donors (Lipinski definition) is 2. The van der Waals surface area contributed by atoms with Gasteiger partial charge in [0, 0.05) is 18.2 Å². The molecule has 0 aliphatic carbocycles. The summed E-state index contributed by atoms with van der Waals surface area (Å²) in [6.07, 6.45) is 0. The number of hydrogen-bond acceptors (Lipinski definition) is 3. The molecular formula is C13H22N2O. The summed E-state index contributed by atoms with van der Waals surface area (Å²) in [4.78, 5) is 0. The molecule has 0 aliphatic heterocycles. The summed E-state index contributed by atoms with van der Waals surface area (Å²) >= 11 is 0. The summed E-state index contributed by atoms with van der Waals surface area (Å²) in [5, 5.41) is 3.10. The predicted molar refractivity (Wildman–Crippen MR) is 68.1 cm³/mol. The zero-order valence-corrected chi connectivity index (χ0v) is 10.8. The van der Waals surface area contributed by atoms with Crippen molar-refractivity contribution in [2.24, 2.45) is 5.73 Å². The molecule has 0 heterocycles. The van der Waals surface area contributed by atoms with Gasteiger partial charge in [0.05, 0.1) is 7.11 Å². The summed E-state index contributed by atoms with van der Waals surface area (Å²) in [5.74, 6) is 0.931. The molecule has 0 saturated carbocycles. The molecule has 3 N–H and O–H groups in total. The molecule has 0 amide bonds. The Morgan fingerprint density at radius 3 is 2.44 bits per heavy atom. The fourth-order valence-corrected chi connectivity index (χ4v) is 2.12. The van der Waals surface area contributed by atoms with Crippen molar-refractivity contribution in [3.63, 3.8) is 0 Å². The van der Waals surface area contributed by atoms with E-state index in [-0.39, 0.29) is 6.04 Å². The van der Waals surface area contributed by atoms with Crippen LogP contribution in [0.1, 0.15) is 28.3 Å². The van der Waals surface area contributed by atoms with Gasteiger partial charge in [-0.25, -0.2) is 0 Å². The molecular weight excluding hydrogens is 200 g/mol. The molecule has 0 spiro atoms. The van der Waals surface area contributed by atoms with Gasteiger partial charge in [0.15, 0.2) is 0 Å². The van der Waals surface area contributed by atoms with Gasteiger partial charge < -0.3 is 15.8 Å². The number of aryl methyl sites for hydroxylation is 2. The van der Waals surface area contributed by atoms with Gasteiger partial charge in [0.2, 0.25) is 0 Å². The second-order valence-electron chi connectivity index (χ2n) is 4.25. The quantitative estimate of drug-likeness (QED) is 0.817. The molecule has 90 valence electrons. The number of nitrogens with one attached hydrogen (secondary N) is 1. The lowest BCUT2D eigenvalue weighted by Crippen LogP contribution is -2.25. The summed E-state index contributed by atoms with van der Waals surface area (Å²) in [5.41, 5.74) is 10.9. The normalized spacial score (nSPS) is 12.6. The summed E-state index contributed by atoms with van der Waals surface area (Å²) < 4.78 is 5.50. The van der Waals surface area contributed by atoms with E-state index in [9.17, 15) is 0 Å². The van der Waals surface area contributed by atoms with Crippen molar-refractivity contribution in [2.75, 3.05) is 20.7 Å². The molecule has 0 aliphatic rings. The van der Waals surface area contributed by atoms with E-state index in [4.69, 9.17) is 10.5 Å². The lowest BCUT2D eigenvalue weighted by atomic mass is 9.94. The first kappa shape index (κ1) is 13.0. The maximum atomic E-state index is 6.16. The van der Waals surface area contributed by atoms with E-state index in [1.807, 2.05) is 7.05 Å². The largest absolute Gasteiger partial charge is 0.496 e. The Hall–Kier alpha value is -1.06. The Morgan fingerprint density at radius 1 is 1.31 bits per heavy atom. The molecule has 0 fully saturated rings. The van der Waals surface area contributed by atoms with Crippen LogP contribution in [-0.4, -0.2) is 20.7 Å². The first-order chi connectivity index (χ1) is 7.52. The fourth-order valence-electron chi connectivity index (χ4n) is 2.12. The SMILES string of the molecule is CNCC(N)c1c(C)cc(C)c(C)c1OC. The molecule has 1 aromatic rings. The molecule has 3 nitrogen and oxygen atoms in total. The maximum absolute atomic E-state index is 6.16. The number of methoxy groups -OCH3 is 1. The molecule has 0 saturated heterocycles. The molecule has 3 heteroatoms. The molecule has 1 rings (SSSR count). The van der Waals surface area contributed by atoms with Crippen LogP contribution in [0.15, 0.2) is 6.07 Å². The van der Waals surface area contributed by atoms with E-state index in [1.165, 1.54) is 16.7 Å². The van der Waals surface area contributed by atoms with Crippen molar-refractivity contribution >= 4 is 0 Å². The van der Waals surface area contributed by atoms with Gasteiger partial charge in [-0.15, -0.1) is 0 Å². The number of ether oxygens (including phenoxy) is 1. The zero-order valence-electron chi connectivity index (χ0n) is 10.8. The highest BCUT2D eigenvalue weighted by molar-refractivity contribution is 5.51. The van der Waals surface area contributed by atoms with E-state index in [2.05, 4.69) is 32.2 Å². The smallest absolute Gasteiger partial charge is 0.127 e. The van der Waals surface area contributed by atoms with Crippen LogP contribution in [0, 0.1) is 20.8 Å². The number of nitrogens with two attached hydrogens (primary N) is 1. The molecule has 1 aromatic carbocycles. The number of likely N-dealkylation sites (N-methyl/N-ethyl adjacent to an activating group) is 1. The zero-order chi connectivity index (χ0) is 12.3. The summed E-state index contributed by atoms with van der Waals surface area (Å²) in [6, 6.07) is 2.14. The second-order valence-corrected chi connectivity index (χ2v) is 4.25. The Bertz CT molecular complexity index is 375. The van der Waals surface area contributed by atoms with Gasteiger partial charge in [-0.3, -0.25) is 0 Å². The van der Waals surface area contributed by atoms with Crippen LogP contribution in [0.5, 0.6) is 5.75 Å². The maximum Gasteiger partial charge on any atom is 0.127 e. The van der Waals surface area contributed by atoms with Crippen LogP contribution in [0.4, 0.5) is 0 Å². The van der Waals surface area contributed by atoms with E-state index in [1.54, 1.807) is 7.11 Å². The van der Waals surface area contributed by atoms with Crippen molar-refractivity contribution in [3.05, 3.63) is 28.3 Å². The summed E-state index contributed by atoms with van der Waals surface area (Å²) in [6.45, 7) is 7.00. The highest BCUT2D eigenvalue weighted by Crippen LogP contribution is 2.32. The molecule has 16 heavy (non-hydrogen) atoms. The van der Waals surface area contributed by atoms with E-state index in [0.717, 1.165) is 17.9 Å². The third-order valence-corrected chi connectivity index (χ3v) is 3.03. The lowest BCUT2D eigenvalue weighted by molar-refractivity contribution is 0.400. The topological polar surface area (TPSA) is 47.3 Å². The minimum atomic E-state index is -0.0285. The van der Waals surface area contributed by atoms with Gasteiger partial charge in [-0.2, -0.15) is 0 Å². The van der Waals surface area contributed by atoms with Crippen LogP contribution in [0.3, 0.4) is 0 Å². The number of benzene rings is 1. The van der Waals surface area contributed by atoms with E-state index >= 15 is 0 Å². The van der Waals surface area contributed by atoms with Crippen LogP contribution in [0.2, 0.25) is 0 Å². The van der Waals surface area contributed by atoms with E-state index in [0.29, 0.717) is 0 Å². The van der Waals surface area contributed by atoms with Crippen molar-refractivity contribution in [1.29, 1.82) is 0 Å². The standard InChI is InChI=1S/C13H22N2O/c1-8-6-9(2)12(11(14)7-15-4)13(16-5)10(8)3/h6,11,15H,7,14H2,1-5H3. The fraction of sp³-hybridized carbons (Fsp3) is 0.538. The summed E-state index contributed by atoms with van der Waals surface area (Å²) in [7, 11) is 3.61. The van der Waals surface area contributed by atoms with Crippen LogP contribution in [-0.2, 0) is 0 Å². The molecule has 0 radical (unpaired) electrons. The molecule has 0 bridgehead atoms. The van der Waals surface area contributed by atoms with Crippen LogP contribution in [0.25, 0.3) is 0 Å². The minimum absolute atomic E-state index is 0.0285. The lowest BCUT2D eigenvalue weighted by Gasteiger charge is -2.21. The Balaban J connectivity index is 3.30. The third kappa shape index (κ3) is 2.36. The Morgan fingerprint density at radius 2 is 1.94 bits per heavy atom. The van der Waals surface area contributed by atoms with Crippen molar-refractivity contribution < 1.29 is 4.74 Å². The van der Waals surface area contributed by atoms with Gasteiger partial charge in [-0.1, -0.05) is 6.07 Å². The number of rotatable bonds is 4. The van der Waals surface area contributed by atoms with Crippen molar-refractivity contribution in [3.8, 4) is 5.75 Å². The molecule has 1 unspecified atom stereocenters. The van der Waals surface area contributed by atoms with Gasteiger partial charge >= 0.3 is 0 Å². The third-order valence-electron chi connectivity index (χ3n) is 3.03. The van der Waals surface area contributed by atoms with Gasteiger partial charge in [-0.05, 0) is 44.5 Å². The van der Waals surface area contributed by atoms with Gasteiger partial charge in [0.1, 0.15) is 5.75 Å². The van der Waals surface area contributed by atoms with Crippen LogP contribution < -0.4 is 15.8 Å². The monoisotopic (exact) mass is 222 g/mol. The van der Waals surface area contributed by atoms with Crippen molar-refractivity contribution in [1.82, 2.24) is 5.32 Å². The van der Waals surface area contributed by atoms with Crippen molar-refractivity contribution in [2.45, 2.75) is 26.8 Å². The van der Waals surface area contributed by atoms with Crippen LogP contribution >= 0.6 is 0 Å².